The minimum atomic E-state index is -0.935. The van der Waals surface area contributed by atoms with Gasteiger partial charge in [-0.25, -0.2) is 8.78 Å². The van der Waals surface area contributed by atoms with Gasteiger partial charge < -0.3 is 10.6 Å². The molecule has 2 aromatic rings. The van der Waals surface area contributed by atoms with Gasteiger partial charge in [0.05, 0.1) is 13.1 Å². The Morgan fingerprint density at radius 3 is 2.54 bits per heavy atom. The van der Waals surface area contributed by atoms with E-state index in [0.29, 0.717) is 16.3 Å². The Labute approximate surface area is 167 Å². The molecule has 5 nitrogen and oxygen atoms in total. The Hall–Kier alpha value is -2.51. The zero-order chi connectivity index (χ0) is 20.8. The first-order valence-electron chi connectivity index (χ1n) is 8.66. The summed E-state index contributed by atoms with van der Waals surface area (Å²) in [6.07, 6.45) is 0. The van der Waals surface area contributed by atoms with Crippen LogP contribution >= 0.6 is 11.6 Å². The summed E-state index contributed by atoms with van der Waals surface area (Å²) < 4.78 is 26.4. The average Bonchev–Trinajstić information content (AvgIpc) is 2.65. The van der Waals surface area contributed by atoms with Gasteiger partial charge in [-0.3, -0.25) is 14.5 Å². The molecule has 2 N–H and O–H groups in total. The summed E-state index contributed by atoms with van der Waals surface area (Å²) in [7, 11) is 1.68. The molecule has 0 aliphatic heterocycles. The van der Waals surface area contributed by atoms with Gasteiger partial charge in [0.1, 0.15) is 0 Å². The molecule has 28 heavy (non-hydrogen) atoms. The highest BCUT2D eigenvalue weighted by Crippen LogP contribution is 2.23. The summed E-state index contributed by atoms with van der Waals surface area (Å²) in [5.74, 6) is -2.60. The van der Waals surface area contributed by atoms with Gasteiger partial charge in [-0.15, -0.1) is 0 Å². The summed E-state index contributed by atoms with van der Waals surface area (Å²) in [5, 5.41) is 5.76. The molecule has 2 aromatic carbocycles. The molecule has 0 fully saturated rings. The van der Waals surface area contributed by atoms with E-state index < -0.39 is 11.6 Å². The van der Waals surface area contributed by atoms with Crippen LogP contribution in [0.4, 0.5) is 14.5 Å². The molecule has 0 saturated carbocycles. The molecule has 0 aliphatic carbocycles. The standard InChI is InChI=1S/C20H22ClF2N3O2/c1-12-15(21)5-4-6-18(12)25-19(27)10-24-20(28)11-26(3)13(2)14-7-8-16(22)17(23)9-14/h4-9,13H,10-11H2,1-3H3,(H,24,28)(H,25,27)/t13-/m0/s1. The van der Waals surface area contributed by atoms with Crippen LogP contribution in [-0.2, 0) is 9.59 Å². The lowest BCUT2D eigenvalue weighted by atomic mass is 10.1. The lowest BCUT2D eigenvalue weighted by Gasteiger charge is -2.24. The zero-order valence-corrected chi connectivity index (χ0v) is 16.6. The van der Waals surface area contributed by atoms with Crippen molar-refractivity contribution < 1.29 is 18.4 Å². The van der Waals surface area contributed by atoms with E-state index in [1.165, 1.54) is 6.07 Å². The van der Waals surface area contributed by atoms with Crippen LogP contribution in [0.5, 0.6) is 0 Å². The Bertz CT molecular complexity index is 877. The first-order valence-corrected chi connectivity index (χ1v) is 9.03. The fraction of sp³-hybridized carbons (Fsp3) is 0.300. The van der Waals surface area contributed by atoms with Crippen LogP contribution in [0.2, 0.25) is 5.02 Å². The Morgan fingerprint density at radius 1 is 1.14 bits per heavy atom. The number of benzene rings is 2. The molecule has 0 radical (unpaired) electrons. The maximum absolute atomic E-state index is 13.4. The van der Waals surface area contributed by atoms with Gasteiger partial charge in [0.2, 0.25) is 11.8 Å². The van der Waals surface area contributed by atoms with E-state index in [-0.39, 0.29) is 30.9 Å². The van der Waals surface area contributed by atoms with Crippen molar-refractivity contribution in [3.8, 4) is 0 Å². The van der Waals surface area contributed by atoms with Crippen molar-refractivity contribution in [1.82, 2.24) is 10.2 Å². The Balaban J connectivity index is 1.84. The number of carbonyl (C=O) groups is 2. The Kier molecular flexibility index (Phi) is 7.48. The van der Waals surface area contributed by atoms with Crippen LogP contribution in [0.25, 0.3) is 0 Å². The first-order chi connectivity index (χ1) is 13.2. The average molecular weight is 410 g/mol. The molecule has 2 rings (SSSR count). The monoisotopic (exact) mass is 409 g/mol. The molecule has 0 aliphatic rings. The van der Waals surface area contributed by atoms with Crippen molar-refractivity contribution in [2.24, 2.45) is 0 Å². The van der Waals surface area contributed by atoms with Crippen molar-refractivity contribution in [2.75, 3.05) is 25.5 Å². The number of hydrogen-bond acceptors (Lipinski definition) is 3. The fourth-order valence-electron chi connectivity index (χ4n) is 2.56. The highest BCUT2D eigenvalue weighted by Gasteiger charge is 2.17. The summed E-state index contributed by atoms with van der Waals surface area (Å²) in [4.78, 5) is 25.8. The summed E-state index contributed by atoms with van der Waals surface area (Å²) in [6.45, 7) is 3.35. The molecule has 0 heterocycles. The van der Waals surface area contributed by atoms with Crippen LogP contribution in [-0.4, -0.2) is 36.9 Å². The first kappa shape index (κ1) is 21.8. The number of nitrogens with zero attached hydrogens (tertiary/aromatic N) is 1. The summed E-state index contributed by atoms with van der Waals surface area (Å²) in [5.41, 5.74) is 1.86. The van der Waals surface area contributed by atoms with Crippen LogP contribution in [0, 0.1) is 18.6 Å². The lowest BCUT2D eigenvalue weighted by molar-refractivity contribution is -0.125. The van der Waals surface area contributed by atoms with Gasteiger partial charge in [0, 0.05) is 16.8 Å². The van der Waals surface area contributed by atoms with Gasteiger partial charge >= 0.3 is 0 Å². The van der Waals surface area contributed by atoms with Crippen LogP contribution in [0.1, 0.15) is 24.1 Å². The molecule has 0 aromatic heterocycles. The van der Waals surface area contributed by atoms with E-state index in [2.05, 4.69) is 10.6 Å². The molecule has 150 valence electrons. The SMILES string of the molecule is Cc1c(Cl)cccc1NC(=O)CNC(=O)CN(C)[C@@H](C)c1ccc(F)c(F)c1. The van der Waals surface area contributed by atoms with Crippen molar-refractivity contribution in [1.29, 1.82) is 0 Å². The third kappa shape index (κ3) is 5.74. The second-order valence-corrected chi connectivity index (χ2v) is 6.91. The van der Waals surface area contributed by atoms with Gasteiger partial charge in [0.15, 0.2) is 11.6 Å². The van der Waals surface area contributed by atoms with Gasteiger partial charge in [-0.2, -0.15) is 0 Å². The number of halogens is 3. The third-order valence-corrected chi connectivity index (χ3v) is 4.88. The van der Waals surface area contributed by atoms with Crippen molar-refractivity contribution in [2.45, 2.75) is 19.9 Å². The van der Waals surface area contributed by atoms with Gasteiger partial charge in [-0.1, -0.05) is 23.7 Å². The predicted octanol–water partition coefficient (Wildman–Crippen LogP) is 3.67. The van der Waals surface area contributed by atoms with E-state index in [4.69, 9.17) is 11.6 Å². The molecule has 0 unspecified atom stereocenters. The maximum Gasteiger partial charge on any atom is 0.243 e. The van der Waals surface area contributed by atoms with E-state index in [1.807, 2.05) is 0 Å². The number of nitrogens with one attached hydrogen (secondary N) is 2. The Morgan fingerprint density at radius 2 is 1.86 bits per heavy atom. The number of amides is 2. The normalized spacial score (nSPS) is 12.0. The number of carbonyl (C=O) groups excluding carboxylic acids is 2. The molecular formula is C20H22ClF2N3O2. The van der Waals surface area contributed by atoms with E-state index >= 15 is 0 Å². The maximum atomic E-state index is 13.4. The van der Waals surface area contributed by atoms with E-state index in [0.717, 1.165) is 17.7 Å². The van der Waals surface area contributed by atoms with E-state index in [9.17, 15) is 18.4 Å². The minimum Gasteiger partial charge on any atom is -0.346 e. The minimum absolute atomic E-state index is 0.0103. The lowest BCUT2D eigenvalue weighted by Crippen LogP contribution is -2.40. The summed E-state index contributed by atoms with van der Waals surface area (Å²) >= 11 is 6.01. The predicted molar refractivity (Wildman–Crippen MR) is 105 cm³/mol. The molecule has 0 spiro atoms. The molecule has 2 amide bonds. The summed E-state index contributed by atoms with van der Waals surface area (Å²) in [6, 6.07) is 8.48. The third-order valence-electron chi connectivity index (χ3n) is 4.47. The van der Waals surface area contributed by atoms with Gasteiger partial charge in [0.25, 0.3) is 0 Å². The molecule has 0 saturated heterocycles. The highest BCUT2D eigenvalue weighted by atomic mass is 35.5. The molecule has 1 atom stereocenters. The van der Waals surface area contributed by atoms with Crippen LogP contribution < -0.4 is 10.6 Å². The van der Waals surface area contributed by atoms with Crippen LogP contribution in [0.15, 0.2) is 36.4 Å². The van der Waals surface area contributed by atoms with Crippen molar-refractivity contribution >= 4 is 29.1 Å². The van der Waals surface area contributed by atoms with Gasteiger partial charge in [-0.05, 0) is 56.3 Å². The topological polar surface area (TPSA) is 61.4 Å². The highest BCUT2D eigenvalue weighted by molar-refractivity contribution is 6.31. The molecular weight excluding hydrogens is 388 g/mol. The van der Waals surface area contributed by atoms with Crippen molar-refractivity contribution in [3.63, 3.8) is 0 Å². The number of hydrogen-bond donors (Lipinski definition) is 2. The smallest absolute Gasteiger partial charge is 0.243 e. The molecule has 0 bridgehead atoms. The zero-order valence-electron chi connectivity index (χ0n) is 15.9. The quantitative estimate of drug-likeness (QED) is 0.733. The second-order valence-electron chi connectivity index (χ2n) is 6.50. The fourth-order valence-corrected chi connectivity index (χ4v) is 2.74. The van der Waals surface area contributed by atoms with Crippen LogP contribution in [0.3, 0.4) is 0 Å². The number of anilines is 1. The number of likely N-dealkylation sites (N-methyl/N-ethyl adjacent to an activating group) is 1. The number of rotatable bonds is 7. The van der Waals surface area contributed by atoms with E-state index in [1.54, 1.807) is 44.0 Å². The second kappa shape index (κ2) is 9.61. The van der Waals surface area contributed by atoms with Crippen molar-refractivity contribution in [3.05, 3.63) is 64.2 Å². The molecule has 8 heteroatoms. The largest absolute Gasteiger partial charge is 0.346 e.